The van der Waals surface area contributed by atoms with Gasteiger partial charge in [-0.2, -0.15) is 0 Å². The second-order valence-electron chi connectivity index (χ2n) is 10.4. The predicted molar refractivity (Wildman–Crippen MR) is 138 cm³/mol. The Morgan fingerprint density at radius 3 is 2.40 bits per heavy atom. The van der Waals surface area contributed by atoms with Gasteiger partial charge in [0.25, 0.3) is 0 Å². The van der Waals surface area contributed by atoms with Gasteiger partial charge in [0.05, 0.1) is 39.9 Å². The fraction of sp³-hybridized carbons (Fsp3) is 0.571. The normalized spacial score (nSPS) is 32.6. The monoisotopic (exact) mass is 561 g/mol. The molecule has 1 fully saturated rings. The molecular weight excluding hydrogens is 526 g/mol. The van der Waals surface area contributed by atoms with E-state index in [4.69, 9.17) is 23.7 Å². The molecule has 0 saturated carbocycles. The summed E-state index contributed by atoms with van der Waals surface area (Å²) in [5.41, 5.74) is 3.18. The zero-order chi connectivity index (χ0) is 29.0. The number of carbonyl (C=O) groups is 2. The Morgan fingerprint density at radius 1 is 1.07 bits per heavy atom. The highest BCUT2D eigenvalue weighted by atomic mass is 16.7. The molecule has 0 aromatic heterocycles. The average molecular weight is 562 g/mol. The average Bonchev–Trinajstić information content (AvgIpc) is 3.12. The molecule has 1 aromatic carbocycles. The molecule has 3 aliphatic carbocycles. The summed E-state index contributed by atoms with van der Waals surface area (Å²) < 4.78 is 28.5. The molecule has 40 heavy (non-hydrogen) atoms. The summed E-state index contributed by atoms with van der Waals surface area (Å²) in [5, 5.41) is 40.7. The molecule has 8 unspecified atom stereocenters. The van der Waals surface area contributed by atoms with E-state index in [1.807, 2.05) is 0 Å². The fourth-order valence-corrected chi connectivity index (χ4v) is 6.34. The third-order valence-electron chi connectivity index (χ3n) is 8.48. The van der Waals surface area contributed by atoms with Gasteiger partial charge in [-0.25, -0.2) is 0 Å². The molecule has 1 amide bonds. The number of ether oxygens (including phenoxy) is 5. The van der Waals surface area contributed by atoms with Crippen LogP contribution < -0.4 is 14.2 Å². The lowest BCUT2D eigenvalue weighted by Gasteiger charge is -2.43. The largest absolute Gasteiger partial charge is 0.493 e. The highest BCUT2D eigenvalue weighted by molar-refractivity contribution is 6.08. The number of aliphatic hydroxyl groups is 4. The topological polar surface area (TPSA) is 164 Å². The predicted octanol–water partition coefficient (Wildman–Crippen LogP) is -0.212. The number of allylic oxidation sites excluding steroid dienone is 3. The van der Waals surface area contributed by atoms with E-state index < -0.39 is 43.2 Å². The standard InChI is InChI=1S/C28H35NO11/c1-11(31)29(2)14-7-6-12-8-16(37-4)26(40-28-25(35)24(34)23(33)17(10-30)39-28)27(38-5)18(12)19-13-9-15(36-3)22(32)20(13)21(14)19/h8-9,13-14,17,20,23-25,28,30,33-35H,6-7,10H2,1-5H3. The third-order valence-corrected chi connectivity index (χ3v) is 8.48. The van der Waals surface area contributed by atoms with Crippen LogP contribution >= 0.6 is 0 Å². The second-order valence-corrected chi connectivity index (χ2v) is 10.4. The minimum absolute atomic E-state index is 0.0713. The van der Waals surface area contributed by atoms with Gasteiger partial charge in [-0.3, -0.25) is 9.59 Å². The van der Waals surface area contributed by atoms with Crippen LogP contribution in [0.3, 0.4) is 0 Å². The molecule has 8 atom stereocenters. The van der Waals surface area contributed by atoms with Crippen LogP contribution in [0.5, 0.6) is 17.2 Å². The molecule has 4 N–H and O–H groups in total. The van der Waals surface area contributed by atoms with Gasteiger partial charge in [0.15, 0.2) is 17.3 Å². The lowest BCUT2D eigenvalue weighted by atomic mass is 9.64. The number of Topliss-reactive ketones (excluding diaryl/α,β-unsaturated/α-hetero) is 1. The first-order chi connectivity index (χ1) is 19.1. The van der Waals surface area contributed by atoms with Crippen LogP contribution in [-0.2, 0) is 25.5 Å². The third kappa shape index (κ3) is 4.17. The maximum atomic E-state index is 13.2. The summed E-state index contributed by atoms with van der Waals surface area (Å²) in [4.78, 5) is 27.3. The number of hydrogen-bond acceptors (Lipinski definition) is 11. The Labute approximate surface area is 231 Å². The number of ketones is 1. The van der Waals surface area contributed by atoms with Crippen LogP contribution in [0.15, 0.2) is 23.5 Å². The Hall–Kier alpha value is -3.16. The number of methoxy groups -OCH3 is 3. The Kier molecular flexibility index (Phi) is 7.57. The van der Waals surface area contributed by atoms with Crippen LogP contribution in [0.1, 0.15) is 24.5 Å². The van der Waals surface area contributed by atoms with Crippen molar-refractivity contribution in [2.24, 2.45) is 11.8 Å². The van der Waals surface area contributed by atoms with Crippen molar-refractivity contribution in [2.75, 3.05) is 35.0 Å². The van der Waals surface area contributed by atoms with Crippen molar-refractivity contribution in [1.82, 2.24) is 4.90 Å². The molecule has 0 spiro atoms. The molecule has 1 aromatic rings. The van der Waals surface area contributed by atoms with Gasteiger partial charge in [-0.1, -0.05) is 0 Å². The van der Waals surface area contributed by atoms with Gasteiger partial charge in [0.2, 0.25) is 23.7 Å². The molecular formula is C28H35NO11. The number of likely N-dealkylation sites (N-methyl/N-ethyl adjacent to an activating group) is 1. The minimum Gasteiger partial charge on any atom is -0.493 e. The van der Waals surface area contributed by atoms with Crippen molar-refractivity contribution in [3.05, 3.63) is 34.6 Å². The van der Waals surface area contributed by atoms with E-state index in [9.17, 15) is 30.0 Å². The van der Waals surface area contributed by atoms with E-state index in [0.29, 0.717) is 18.4 Å². The number of benzene rings is 1. The number of amides is 1. The van der Waals surface area contributed by atoms with Crippen LogP contribution in [0.4, 0.5) is 0 Å². The van der Waals surface area contributed by atoms with Gasteiger partial charge in [-0.15, -0.1) is 0 Å². The molecule has 12 nitrogen and oxygen atoms in total. The Morgan fingerprint density at radius 2 is 1.80 bits per heavy atom. The maximum Gasteiger partial charge on any atom is 0.229 e. The first-order valence-electron chi connectivity index (χ1n) is 13.1. The quantitative estimate of drug-likeness (QED) is 0.348. The summed E-state index contributed by atoms with van der Waals surface area (Å²) in [6.07, 6.45) is -4.61. The summed E-state index contributed by atoms with van der Waals surface area (Å²) in [7, 11) is 6.06. The molecule has 218 valence electrons. The van der Waals surface area contributed by atoms with E-state index in [1.165, 1.54) is 28.3 Å². The fourth-order valence-electron chi connectivity index (χ4n) is 6.34. The summed E-state index contributed by atoms with van der Waals surface area (Å²) in [5.74, 6) is -0.186. The van der Waals surface area contributed by atoms with Crippen LogP contribution in [0.25, 0.3) is 5.57 Å². The van der Waals surface area contributed by atoms with E-state index in [-0.39, 0.29) is 46.7 Å². The molecule has 1 heterocycles. The van der Waals surface area contributed by atoms with E-state index in [0.717, 1.165) is 16.7 Å². The van der Waals surface area contributed by atoms with Crippen molar-refractivity contribution in [3.8, 4) is 17.2 Å². The second kappa shape index (κ2) is 10.7. The molecule has 12 heteroatoms. The van der Waals surface area contributed by atoms with Crippen LogP contribution in [0.2, 0.25) is 0 Å². The van der Waals surface area contributed by atoms with Crippen molar-refractivity contribution in [3.63, 3.8) is 0 Å². The number of carbonyl (C=O) groups excluding carboxylic acids is 2. The molecule has 1 saturated heterocycles. The Bertz CT molecular complexity index is 1270. The number of aliphatic hydroxyl groups excluding tert-OH is 4. The van der Waals surface area contributed by atoms with E-state index >= 15 is 0 Å². The molecule has 0 bridgehead atoms. The number of aryl methyl sites for hydroxylation is 1. The van der Waals surface area contributed by atoms with Crippen molar-refractivity contribution in [2.45, 2.75) is 56.5 Å². The van der Waals surface area contributed by atoms with Crippen molar-refractivity contribution < 1.29 is 53.7 Å². The molecule has 0 radical (unpaired) electrons. The maximum absolute atomic E-state index is 13.2. The van der Waals surface area contributed by atoms with Gasteiger partial charge >= 0.3 is 0 Å². The van der Waals surface area contributed by atoms with Gasteiger partial charge in [-0.05, 0) is 41.7 Å². The Balaban J connectivity index is 1.66. The van der Waals surface area contributed by atoms with E-state index in [1.54, 1.807) is 24.1 Å². The highest BCUT2D eigenvalue weighted by Gasteiger charge is 2.55. The summed E-state index contributed by atoms with van der Waals surface area (Å²) in [6.45, 7) is 0.871. The first-order valence-corrected chi connectivity index (χ1v) is 13.1. The van der Waals surface area contributed by atoms with Gasteiger partial charge in [0, 0.05) is 25.5 Å². The number of fused-ring (bicyclic) bond motifs is 5. The first kappa shape index (κ1) is 28.4. The van der Waals surface area contributed by atoms with Crippen molar-refractivity contribution in [1.29, 1.82) is 0 Å². The number of rotatable bonds is 7. The lowest BCUT2D eigenvalue weighted by Crippen LogP contribution is -2.60. The van der Waals surface area contributed by atoms with Gasteiger partial charge in [0.1, 0.15) is 24.4 Å². The zero-order valence-corrected chi connectivity index (χ0v) is 23.0. The van der Waals surface area contributed by atoms with Crippen LogP contribution in [0, 0.1) is 11.8 Å². The lowest BCUT2D eigenvalue weighted by molar-refractivity contribution is -0.277. The molecule has 1 aliphatic heterocycles. The molecule has 5 rings (SSSR count). The smallest absolute Gasteiger partial charge is 0.229 e. The minimum atomic E-state index is -1.65. The van der Waals surface area contributed by atoms with Crippen molar-refractivity contribution >= 4 is 17.3 Å². The number of hydrogen-bond donors (Lipinski definition) is 4. The van der Waals surface area contributed by atoms with Crippen LogP contribution in [-0.4, -0.2) is 109 Å². The van der Waals surface area contributed by atoms with E-state index in [2.05, 4.69) is 0 Å². The SMILES string of the molecule is COC1=CC2C3=C(C2C1=O)C(N(C)C(C)=O)CCc1cc(OC)c(OC2OC(CO)C(O)C(O)C2O)c(OC)c13. The summed E-state index contributed by atoms with van der Waals surface area (Å²) in [6, 6.07) is 1.45. The zero-order valence-electron chi connectivity index (χ0n) is 23.0. The number of nitrogens with zero attached hydrogens (tertiary/aromatic N) is 1. The van der Waals surface area contributed by atoms with Gasteiger partial charge < -0.3 is 49.0 Å². The molecule has 4 aliphatic rings. The highest BCUT2D eigenvalue weighted by Crippen LogP contribution is 2.60. The summed E-state index contributed by atoms with van der Waals surface area (Å²) >= 11 is 0.